The molecule has 0 bridgehead atoms. The summed E-state index contributed by atoms with van der Waals surface area (Å²) < 4.78 is 10.7. The molecular formula is C21H18N4O3S. The van der Waals surface area contributed by atoms with Gasteiger partial charge in [-0.25, -0.2) is 4.98 Å². The third-order valence-corrected chi connectivity index (χ3v) is 4.43. The largest absolute Gasteiger partial charge is 0.466 e. The monoisotopic (exact) mass is 406 g/mol. The summed E-state index contributed by atoms with van der Waals surface area (Å²) in [4.78, 5) is 15.8. The number of thiazole rings is 1. The third-order valence-electron chi connectivity index (χ3n) is 3.63. The van der Waals surface area contributed by atoms with Crippen molar-refractivity contribution in [1.82, 2.24) is 4.98 Å². The van der Waals surface area contributed by atoms with Gasteiger partial charge in [0.2, 0.25) is 5.13 Å². The van der Waals surface area contributed by atoms with Crippen molar-refractivity contribution in [2.45, 2.75) is 13.3 Å². The van der Waals surface area contributed by atoms with Gasteiger partial charge in [0.15, 0.2) is 0 Å². The lowest BCUT2D eigenvalue weighted by atomic mass is 10.2. The van der Waals surface area contributed by atoms with Crippen LogP contribution in [0.2, 0.25) is 0 Å². The van der Waals surface area contributed by atoms with Crippen LogP contribution in [-0.4, -0.2) is 23.8 Å². The van der Waals surface area contributed by atoms with Crippen LogP contribution in [-0.2, 0) is 16.0 Å². The van der Waals surface area contributed by atoms with Crippen molar-refractivity contribution in [1.29, 1.82) is 5.26 Å². The molecule has 3 rings (SSSR count). The van der Waals surface area contributed by atoms with Crippen molar-refractivity contribution < 1.29 is 14.3 Å². The van der Waals surface area contributed by atoms with Crippen LogP contribution in [0.1, 0.15) is 23.7 Å². The number of nitrogens with zero attached hydrogens (tertiary/aromatic N) is 3. The summed E-state index contributed by atoms with van der Waals surface area (Å²) in [6, 6.07) is 16.4. The first-order valence-electron chi connectivity index (χ1n) is 8.83. The summed E-state index contributed by atoms with van der Waals surface area (Å²) >= 11 is 1.36. The fraction of sp³-hybridized carbons (Fsp3) is 0.143. The van der Waals surface area contributed by atoms with Crippen molar-refractivity contribution in [2.75, 3.05) is 12.0 Å². The van der Waals surface area contributed by atoms with Crippen molar-refractivity contribution >= 4 is 28.7 Å². The second-order valence-electron chi connectivity index (χ2n) is 5.81. The molecule has 3 aromatic rings. The van der Waals surface area contributed by atoms with Gasteiger partial charge < -0.3 is 9.47 Å². The summed E-state index contributed by atoms with van der Waals surface area (Å²) in [5, 5.41) is 15.4. The summed E-state index contributed by atoms with van der Waals surface area (Å²) in [5.41, 5.74) is 4.92. The molecule has 146 valence electrons. The van der Waals surface area contributed by atoms with Crippen LogP contribution in [0.15, 0.2) is 59.0 Å². The molecule has 1 aromatic heterocycles. The first-order valence-corrected chi connectivity index (χ1v) is 9.71. The number of rotatable bonds is 8. The zero-order chi connectivity index (χ0) is 20.5. The van der Waals surface area contributed by atoms with Gasteiger partial charge in [0.25, 0.3) is 0 Å². The fourth-order valence-corrected chi connectivity index (χ4v) is 3.01. The predicted molar refractivity (Wildman–Crippen MR) is 111 cm³/mol. The van der Waals surface area contributed by atoms with Gasteiger partial charge in [0.1, 0.15) is 11.5 Å². The van der Waals surface area contributed by atoms with Gasteiger partial charge in [-0.05, 0) is 48.9 Å². The van der Waals surface area contributed by atoms with E-state index in [0.29, 0.717) is 34.5 Å². The molecule has 0 saturated carbocycles. The first-order chi connectivity index (χ1) is 14.2. The number of hydrogen-bond donors (Lipinski definition) is 1. The minimum absolute atomic E-state index is 0.143. The number of esters is 1. The molecule has 29 heavy (non-hydrogen) atoms. The maximum atomic E-state index is 11.5. The zero-order valence-electron chi connectivity index (χ0n) is 15.7. The van der Waals surface area contributed by atoms with E-state index in [-0.39, 0.29) is 12.4 Å². The number of nitriles is 1. The zero-order valence-corrected chi connectivity index (χ0v) is 16.5. The second kappa shape index (κ2) is 10.0. The number of ether oxygens (including phenoxy) is 2. The highest BCUT2D eigenvalue weighted by atomic mass is 32.1. The molecule has 7 nitrogen and oxygen atoms in total. The standard InChI is InChI=1S/C21H18N4O3S/c1-2-27-20(26)11-17-14-29-21(24-17)25-23-13-16-4-3-5-19(10-16)28-18-8-6-15(12-22)7-9-18/h3-10,13-14H,2,11H2,1H3,(H,24,25). The van der Waals surface area contributed by atoms with Crippen molar-refractivity contribution in [2.24, 2.45) is 5.10 Å². The first kappa shape index (κ1) is 20.0. The van der Waals surface area contributed by atoms with E-state index in [1.807, 2.05) is 24.3 Å². The Labute approximate surface area is 172 Å². The van der Waals surface area contributed by atoms with E-state index < -0.39 is 0 Å². The Kier molecular flexibility index (Phi) is 6.92. The van der Waals surface area contributed by atoms with E-state index in [1.165, 1.54) is 11.3 Å². The Hall–Kier alpha value is -3.70. The van der Waals surface area contributed by atoms with E-state index in [1.54, 1.807) is 42.8 Å². The Morgan fingerprint density at radius 1 is 1.28 bits per heavy atom. The van der Waals surface area contributed by atoms with E-state index >= 15 is 0 Å². The normalized spacial score (nSPS) is 10.5. The van der Waals surface area contributed by atoms with Crippen LogP contribution in [0.25, 0.3) is 0 Å². The van der Waals surface area contributed by atoms with Crippen LogP contribution in [0.3, 0.4) is 0 Å². The summed E-state index contributed by atoms with van der Waals surface area (Å²) in [5.74, 6) is 1.00. The average molecular weight is 406 g/mol. The van der Waals surface area contributed by atoms with Crippen molar-refractivity contribution in [3.05, 3.63) is 70.7 Å². The molecule has 0 fully saturated rings. The van der Waals surface area contributed by atoms with Crippen LogP contribution >= 0.6 is 11.3 Å². The minimum atomic E-state index is -0.299. The van der Waals surface area contributed by atoms with Crippen LogP contribution in [0.5, 0.6) is 11.5 Å². The lowest BCUT2D eigenvalue weighted by Gasteiger charge is -2.06. The Morgan fingerprint density at radius 2 is 2.10 bits per heavy atom. The number of hydrazone groups is 1. The third kappa shape index (κ3) is 6.16. The Balaban J connectivity index is 1.57. The molecular weight excluding hydrogens is 388 g/mol. The number of benzene rings is 2. The fourth-order valence-electron chi connectivity index (χ4n) is 2.35. The van der Waals surface area contributed by atoms with E-state index in [9.17, 15) is 4.79 Å². The van der Waals surface area contributed by atoms with Gasteiger partial charge in [-0.15, -0.1) is 11.3 Å². The molecule has 1 heterocycles. The number of aromatic nitrogens is 1. The number of carbonyl (C=O) groups excluding carboxylic acids is 1. The molecule has 1 N–H and O–H groups in total. The number of nitrogens with one attached hydrogen (secondary N) is 1. The molecule has 0 spiro atoms. The smallest absolute Gasteiger partial charge is 0.311 e. The number of hydrogen-bond acceptors (Lipinski definition) is 8. The van der Waals surface area contributed by atoms with Gasteiger partial charge in [0, 0.05) is 5.38 Å². The van der Waals surface area contributed by atoms with Crippen LogP contribution in [0, 0.1) is 11.3 Å². The molecule has 0 aliphatic rings. The number of carbonyl (C=O) groups is 1. The highest BCUT2D eigenvalue weighted by Gasteiger charge is 2.07. The topological polar surface area (TPSA) is 96.6 Å². The van der Waals surface area contributed by atoms with Gasteiger partial charge in [-0.3, -0.25) is 10.2 Å². The highest BCUT2D eigenvalue weighted by molar-refractivity contribution is 7.13. The highest BCUT2D eigenvalue weighted by Crippen LogP contribution is 2.22. The van der Waals surface area contributed by atoms with Gasteiger partial charge >= 0.3 is 5.97 Å². The van der Waals surface area contributed by atoms with Crippen LogP contribution in [0.4, 0.5) is 5.13 Å². The predicted octanol–water partition coefficient (Wildman–Crippen LogP) is 4.36. The second-order valence-corrected chi connectivity index (χ2v) is 6.66. The van der Waals surface area contributed by atoms with Crippen LogP contribution < -0.4 is 10.2 Å². The molecule has 0 saturated heterocycles. The Bertz CT molecular complexity index is 1040. The molecule has 0 unspecified atom stereocenters. The summed E-state index contributed by atoms with van der Waals surface area (Å²) in [6.07, 6.45) is 1.79. The molecule has 0 aliphatic heterocycles. The molecule has 0 aliphatic carbocycles. The minimum Gasteiger partial charge on any atom is -0.466 e. The van der Waals surface area contributed by atoms with E-state index in [2.05, 4.69) is 21.6 Å². The molecule has 0 amide bonds. The SMILES string of the molecule is CCOC(=O)Cc1csc(NN=Cc2cccc(Oc3ccc(C#N)cc3)c2)n1. The maximum Gasteiger partial charge on any atom is 0.311 e. The average Bonchev–Trinajstić information content (AvgIpc) is 3.16. The lowest BCUT2D eigenvalue weighted by molar-refractivity contribution is -0.142. The van der Waals surface area contributed by atoms with E-state index in [4.69, 9.17) is 14.7 Å². The molecule has 0 atom stereocenters. The van der Waals surface area contributed by atoms with Crippen molar-refractivity contribution in [3.8, 4) is 17.6 Å². The molecule has 0 radical (unpaired) electrons. The van der Waals surface area contributed by atoms with Crippen molar-refractivity contribution in [3.63, 3.8) is 0 Å². The Morgan fingerprint density at radius 3 is 2.86 bits per heavy atom. The van der Waals surface area contributed by atoms with Gasteiger partial charge in [-0.2, -0.15) is 10.4 Å². The number of anilines is 1. The van der Waals surface area contributed by atoms with Gasteiger partial charge in [-0.1, -0.05) is 12.1 Å². The van der Waals surface area contributed by atoms with Gasteiger partial charge in [0.05, 0.1) is 36.6 Å². The summed E-state index contributed by atoms with van der Waals surface area (Å²) in [6.45, 7) is 2.12. The molecule has 8 heteroatoms. The summed E-state index contributed by atoms with van der Waals surface area (Å²) in [7, 11) is 0. The lowest BCUT2D eigenvalue weighted by Crippen LogP contribution is -2.07. The quantitative estimate of drug-likeness (QED) is 0.339. The molecule has 2 aromatic carbocycles. The maximum absolute atomic E-state index is 11.5. The van der Waals surface area contributed by atoms with E-state index in [0.717, 1.165) is 5.56 Å².